The fourth-order valence-corrected chi connectivity index (χ4v) is 1.88. The summed E-state index contributed by atoms with van der Waals surface area (Å²) in [5.74, 6) is -0.835. The highest BCUT2D eigenvalue weighted by Crippen LogP contribution is 2.21. The Balaban J connectivity index is 1.85. The van der Waals surface area contributed by atoms with Crippen LogP contribution >= 0.6 is 0 Å². The summed E-state index contributed by atoms with van der Waals surface area (Å²) in [6.45, 7) is 0. The third-order valence-corrected chi connectivity index (χ3v) is 2.92. The van der Waals surface area contributed by atoms with Gasteiger partial charge in [0.15, 0.2) is 17.2 Å². The second kappa shape index (κ2) is 5.20. The lowest BCUT2D eigenvalue weighted by molar-refractivity contribution is 0.102. The molecule has 0 saturated heterocycles. The van der Waals surface area contributed by atoms with Gasteiger partial charge in [-0.15, -0.1) is 0 Å². The minimum Gasteiger partial charge on any atom is -0.494 e. The lowest BCUT2D eigenvalue weighted by atomic mass is 10.2. The van der Waals surface area contributed by atoms with Gasteiger partial charge in [0.1, 0.15) is 5.69 Å². The van der Waals surface area contributed by atoms with E-state index in [1.54, 1.807) is 23.0 Å². The molecule has 0 saturated carbocycles. The Hall–Kier alpha value is -2.96. The Bertz CT molecular complexity index is 816. The van der Waals surface area contributed by atoms with Gasteiger partial charge in [-0.3, -0.25) is 4.79 Å². The van der Waals surface area contributed by atoms with Crippen LogP contribution < -0.4 is 10.1 Å². The first-order chi connectivity index (χ1) is 10.2. The van der Waals surface area contributed by atoms with Gasteiger partial charge in [0, 0.05) is 30.3 Å². The third kappa shape index (κ3) is 2.53. The third-order valence-electron chi connectivity index (χ3n) is 2.92. The number of fused-ring (bicyclic) bond motifs is 1. The number of carbonyl (C=O) groups excluding carboxylic acids is 1. The number of aromatic nitrogens is 3. The van der Waals surface area contributed by atoms with Crippen molar-refractivity contribution in [2.45, 2.75) is 0 Å². The maximum Gasteiger partial charge on any atom is 0.275 e. The van der Waals surface area contributed by atoms with Crippen LogP contribution in [0.1, 0.15) is 10.5 Å². The van der Waals surface area contributed by atoms with Crippen LogP contribution in [0.4, 0.5) is 10.1 Å². The molecule has 0 atom stereocenters. The Morgan fingerprint density at radius 2 is 2.24 bits per heavy atom. The minimum absolute atomic E-state index is 0.0609. The van der Waals surface area contributed by atoms with Gasteiger partial charge in [-0.1, -0.05) is 0 Å². The maximum absolute atomic E-state index is 13.3. The smallest absolute Gasteiger partial charge is 0.275 e. The van der Waals surface area contributed by atoms with Crippen LogP contribution in [0.15, 0.2) is 43.0 Å². The number of carbonyl (C=O) groups is 1. The molecule has 21 heavy (non-hydrogen) atoms. The number of ether oxygens (including phenoxy) is 1. The quantitative estimate of drug-likeness (QED) is 0.801. The van der Waals surface area contributed by atoms with E-state index in [1.807, 2.05) is 0 Å². The Morgan fingerprint density at radius 3 is 3.05 bits per heavy atom. The van der Waals surface area contributed by atoms with E-state index in [4.69, 9.17) is 4.74 Å². The summed E-state index contributed by atoms with van der Waals surface area (Å²) in [4.78, 5) is 20.2. The van der Waals surface area contributed by atoms with Crippen molar-refractivity contribution in [2.24, 2.45) is 0 Å². The zero-order valence-corrected chi connectivity index (χ0v) is 11.1. The zero-order chi connectivity index (χ0) is 14.8. The largest absolute Gasteiger partial charge is 0.494 e. The van der Waals surface area contributed by atoms with E-state index < -0.39 is 11.7 Å². The van der Waals surface area contributed by atoms with E-state index in [0.717, 1.165) is 0 Å². The molecule has 1 N–H and O–H groups in total. The average molecular weight is 286 g/mol. The first-order valence-electron chi connectivity index (χ1n) is 6.11. The molecule has 1 amide bonds. The number of rotatable bonds is 3. The fraction of sp³-hybridized carbons (Fsp3) is 0.0714. The predicted octanol–water partition coefficient (Wildman–Crippen LogP) is 2.13. The molecular weight excluding hydrogens is 275 g/mol. The van der Waals surface area contributed by atoms with Crippen LogP contribution in [-0.2, 0) is 0 Å². The molecule has 0 aliphatic rings. The van der Waals surface area contributed by atoms with Crippen LogP contribution in [0, 0.1) is 5.82 Å². The van der Waals surface area contributed by atoms with Crippen LogP contribution in [-0.4, -0.2) is 27.4 Å². The minimum atomic E-state index is -0.492. The normalized spacial score (nSPS) is 10.6. The van der Waals surface area contributed by atoms with Gasteiger partial charge in [-0.25, -0.2) is 14.4 Å². The van der Waals surface area contributed by atoms with Gasteiger partial charge in [0.2, 0.25) is 0 Å². The van der Waals surface area contributed by atoms with E-state index in [-0.39, 0.29) is 11.4 Å². The number of halogens is 1. The molecule has 0 radical (unpaired) electrons. The van der Waals surface area contributed by atoms with E-state index in [9.17, 15) is 9.18 Å². The number of nitrogens with zero attached hydrogens (tertiary/aromatic N) is 3. The number of amides is 1. The molecule has 2 aromatic heterocycles. The molecule has 1 aromatic carbocycles. The lowest BCUT2D eigenvalue weighted by Gasteiger charge is -2.07. The lowest BCUT2D eigenvalue weighted by Crippen LogP contribution is -2.14. The number of nitrogens with one attached hydrogen (secondary N) is 1. The van der Waals surface area contributed by atoms with E-state index >= 15 is 0 Å². The van der Waals surface area contributed by atoms with Gasteiger partial charge in [0.05, 0.1) is 13.3 Å². The SMILES string of the molecule is COc1cc(NC(=O)c2cn3ccnc3cn2)ccc1F. The topological polar surface area (TPSA) is 68.5 Å². The van der Waals surface area contributed by atoms with Gasteiger partial charge in [0.25, 0.3) is 5.91 Å². The van der Waals surface area contributed by atoms with Gasteiger partial charge in [-0.2, -0.15) is 0 Å². The second-order valence-corrected chi connectivity index (χ2v) is 4.27. The number of anilines is 1. The fourth-order valence-electron chi connectivity index (χ4n) is 1.88. The van der Waals surface area contributed by atoms with Crippen molar-refractivity contribution in [1.29, 1.82) is 0 Å². The number of hydrogen-bond acceptors (Lipinski definition) is 4. The van der Waals surface area contributed by atoms with Crippen molar-refractivity contribution in [3.8, 4) is 5.75 Å². The summed E-state index contributed by atoms with van der Waals surface area (Å²) in [5, 5.41) is 2.64. The summed E-state index contributed by atoms with van der Waals surface area (Å²) in [6.07, 6.45) is 6.40. The Labute approximate surface area is 119 Å². The molecule has 0 aliphatic carbocycles. The number of benzene rings is 1. The van der Waals surface area contributed by atoms with Crippen molar-refractivity contribution in [3.63, 3.8) is 0 Å². The summed E-state index contributed by atoms with van der Waals surface area (Å²) < 4.78 is 19.9. The first-order valence-corrected chi connectivity index (χ1v) is 6.11. The molecule has 3 rings (SSSR count). The second-order valence-electron chi connectivity index (χ2n) is 4.27. The molecule has 3 aromatic rings. The highest BCUT2D eigenvalue weighted by molar-refractivity contribution is 6.02. The van der Waals surface area contributed by atoms with E-state index in [0.29, 0.717) is 11.3 Å². The maximum atomic E-state index is 13.3. The summed E-state index contributed by atoms with van der Waals surface area (Å²) in [6, 6.07) is 4.08. The first kappa shape index (κ1) is 13.0. The zero-order valence-electron chi connectivity index (χ0n) is 11.1. The molecule has 0 bridgehead atoms. The summed E-state index contributed by atoms with van der Waals surface area (Å²) >= 11 is 0. The molecule has 2 heterocycles. The highest BCUT2D eigenvalue weighted by atomic mass is 19.1. The monoisotopic (exact) mass is 286 g/mol. The standard InChI is InChI=1S/C14H11FN4O2/c1-21-12-6-9(2-3-10(12)15)18-14(20)11-8-19-5-4-16-13(19)7-17-11/h2-8H,1H3,(H,18,20). The highest BCUT2D eigenvalue weighted by Gasteiger charge is 2.11. The number of methoxy groups -OCH3 is 1. The Morgan fingerprint density at radius 1 is 1.38 bits per heavy atom. The predicted molar refractivity (Wildman–Crippen MR) is 73.9 cm³/mol. The summed E-state index contributed by atoms with van der Waals surface area (Å²) in [7, 11) is 1.36. The van der Waals surface area contributed by atoms with Crippen LogP contribution in [0.3, 0.4) is 0 Å². The van der Waals surface area contributed by atoms with Crippen LogP contribution in [0.5, 0.6) is 5.75 Å². The van der Waals surface area contributed by atoms with Crippen molar-refractivity contribution in [3.05, 3.63) is 54.5 Å². The molecule has 0 fully saturated rings. The van der Waals surface area contributed by atoms with E-state index in [1.165, 1.54) is 31.5 Å². The van der Waals surface area contributed by atoms with Gasteiger partial charge >= 0.3 is 0 Å². The molecule has 7 heteroatoms. The summed E-state index contributed by atoms with van der Waals surface area (Å²) in [5.41, 5.74) is 1.30. The molecule has 0 spiro atoms. The molecular formula is C14H11FN4O2. The number of imidazole rings is 1. The van der Waals surface area contributed by atoms with Gasteiger partial charge < -0.3 is 14.5 Å². The van der Waals surface area contributed by atoms with E-state index in [2.05, 4.69) is 15.3 Å². The van der Waals surface area contributed by atoms with Crippen molar-refractivity contribution < 1.29 is 13.9 Å². The van der Waals surface area contributed by atoms with Crippen molar-refractivity contribution in [2.75, 3.05) is 12.4 Å². The molecule has 0 aliphatic heterocycles. The van der Waals surface area contributed by atoms with Crippen molar-refractivity contribution in [1.82, 2.24) is 14.4 Å². The van der Waals surface area contributed by atoms with Crippen LogP contribution in [0.2, 0.25) is 0 Å². The van der Waals surface area contributed by atoms with Crippen LogP contribution in [0.25, 0.3) is 5.65 Å². The Kier molecular flexibility index (Phi) is 3.23. The van der Waals surface area contributed by atoms with Crippen molar-refractivity contribution >= 4 is 17.2 Å². The molecule has 6 nitrogen and oxygen atoms in total. The molecule has 0 unspecified atom stereocenters. The number of hydrogen-bond donors (Lipinski definition) is 1. The molecule has 106 valence electrons. The van der Waals surface area contributed by atoms with Gasteiger partial charge in [-0.05, 0) is 12.1 Å². The average Bonchev–Trinajstić information content (AvgIpc) is 2.96.